The predicted octanol–water partition coefficient (Wildman–Crippen LogP) is 4.88. The summed E-state index contributed by atoms with van der Waals surface area (Å²) < 4.78 is 13.4. The number of morpholine rings is 1. The Morgan fingerprint density at radius 3 is 2.45 bits per heavy atom. The molecule has 1 aromatic heterocycles. The monoisotopic (exact) mass is 437 g/mol. The number of thiazole rings is 1. The number of aryl methyl sites for hydroxylation is 1. The summed E-state index contributed by atoms with van der Waals surface area (Å²) in [7, 11) is 0. The molecular formula is C25H31N3O2S. The minimum Gasteiger partial charge on any atom is -0.494 e. The van der Waals surface area contributed by atoms with Gasteiger partial charge in [0.25, 0.3) is 0 Å². The van der Waals surface area contributed by atoms with E-state index in [1.54, 1.807) is 11.3 Å². The van der Waals surface area contributed by atoms with Gasteiger partial charge in [-0.05, 0) is 50.1 Å². The van der Waals surface area contributed by atoms with Crippen molar-refractivity contribution in [3.8, 4) is 17.0 Å². The first kappa shape index (κ1) is 21.8. The van der Waals surface area contributed by atoms with Crippen LogP contribution < -0.4 is 9.54 Å². The Labute approximate surface area is 188 Å². The predicted molar refractivity (Wildman–Crippen MR) is 127 cm³/mol. The summed E-state index contributed by atoms with van der Waals surface area (Å²) in [4.78, 5) is 8.48. The summed E-state index contributed by atoms with van der Waals surface area (Å²) in [5.41, 5.74) is 4.69. The van der Waals surface area contributed by atoms with E-state index >= 15 is 0 Å². The normalized spacial score (nSPS) is 15.4. The number of nitrogens with zero attached hydrogens (tertiary/aromatic N) is 3. The van der Waals surface area contributed by atoms with Gasteiger partial charge in [0.15, 0.2) is 4.80 Å². The molecule has 1 aliphatic heterocycles. The zero-order valence-electron chi connectivity index (χ0n) is 18.4. The maximum Gasteiger partial charge on any atom is 0.190 e. The first-order valence-corrected chi connectivity index (χ1v) is 11.9. The second-order valence-electron chi connectivity index (χ2n) is 7.77. The van der Waals surface area contributed by atoms with Crippen molar-refractivity contribution < 1.29 is 9.47 Å². The number of hydrogen-bond donors (Lipinski definition) is 0. The zero-order chi connectivity index (χ0) is 21.5. The largest absolute Gasteiger partial charge is 0.494 e. The third kappa shape index (κ3) is 5.85. The van der Waals surface area contributed by atoms with Crippen molar-refractivity contribution in [2.45, 2.75) is 26.8 Å². The molecular weight excluding hydrogens is 406 g/mol. The second-order valence-corrected chi connectivity index (χ2v) is 8.60. The molecule has 0 radical (unpaired) electrons. The standard InChI is InChI=1S/C25H31N3O2S/c1-3-30-23-11-9-22(10-12-23)26-25-28(14-4-13-27-15-17-29-18-16-27)24(19-31-25)21-7-5-20(2)6-8-21/h5-12,19H,3-4,13-18H2,1-2H3. The lowest BCUT2D eigenvalue weighted by molar-refractivity contribution is 0.0369. The van der Waals surface area contributed by atoms with Crippen LogP contribution >= 0.6 is 11.3 Å². The average Bonchev–Trinajstić information content (AvgIpc) is 3.19. The summed E-state index contributed by atoms with van der Waals surface area (Å²) in [6, 6.07) is 16.8. The highest BCUT2D eigenvalue weighted by molar-refractivity contribution is 7.07. The van der Waals surface area contributed by atoms with Crippen molar-refractivity contribution in [3.05, 3.63) is 64.3 Å². The molecule has 4 rings (SSSR count). The lowest BCUT2D eigenvalue weighted by atomic mass is 10.1. The van der Waals surface area contributed by atoms with Crippen molar-refractivity contribution in [3.63, 3.8) is 0 Å². The third-order valence-corrected chi connectivity index (χ3v) is 6.34. The van der Waals surface area contributed by atoms with E-state index in [0.717, 1.165) is 62.1 Å². The van der Waals surface area contributed by atoms with Crippen LogP contribution in [-0.4, -0.2) is 48.9 Å². The summed E-state index contributed by atoms with van der Waals surface area (Å²) in [6.45, 7) is 10.6. The van der Waals surface area contributed by atoms with Crippen molar-refractivity contribution >= 4 is 17.0 Å². The highest BCUT2D eigenvalue weighted by atomic mass is 32.1. The van der Waals surface area contributed by atoms with E-state index in [4.69, 9.17) is 14.5 Å². The van der Waals surface area contributed by atoms with Gasteiger partial charge in [0.1, 0.15) is 5.75 Å². The minimum absolute atomic E-state index is 0.671. The Balaban J connectivity index is 1.59. The smallest absolute Gasteiger partial charge is 0.190 e. The van der Waals surface area contributed by atoms with Crippen molar-refractivity contribution in [2.24, 2.45) is 4.99 Å². The average molecular weight is 438 g/mol. The molecule has 5 nitrogen and oxygen atoms in total. The van der Waals surface area contributed by atoms with Crippen molar-refractivity contribution in [2.75, 3.05) is 39.5 Å². The van der Waals surface area contributed by atoms with Gasteiger partial charge in [-0.1, -0.05) is 29.8 Å². The van der Waals surface area contributed by atoms with Gasteiger partial charge in [-0.15, -0.1) is 11.3 Å². The van der Waals surface area contributed by atoms with Gasteiger partial charge < -0.3 is 14.0 Å². The van der Waals surface area contributed by atoms with Gasteiger partial charge >= 0.3 is 0 Å². The van der Waals surface area contributed by atoms with E-state index in [-0.39, 0.29) is 0 Å². The van der Waals surface area contributed by atoms with E-state index in [0.29, 0.717) is 6.61 Å². The summed E-state index contributed by atoms with van der Waals surface area (Å²) >= 11 is 1.70. The van der Waals surface area contributed by atoms with Crippen LogP contribution in [0.5, 0.6) is 5.75 Å². The quantitative estimate of drug-likeness (QED) is 0.504. The molecule has 0 aliphatic carbocycles. The van der Waals surface area contributed by atoms with Crippen LogP contribution in [0.15, 0.2) is 58.9 Å². The van der Waals surface area contributed by atoms with Crippen LogP contribution in [0, 0.1) is 6.92 Å². The van der Waals surface area contributed by atoms with Gasteiger partial charge in [0, 0.05) is 31.6 Å². The maximum absolute atomic E-state index is 5.56. The van der Waals surface area contributed by atoms with E-state index in [1.165, 1.54) is 16.8 Å². The molecule has 0 bridgehead atoms. The van der Waals surface area contributed by atoms with Crippen LogP contribution in [-0.2, 0) is 11.3 Å². The Morgan fingerprint density at radius 1 is 1.00 bits per heavy atom. The topological polar surface area (TPSA) is 39.0 Å². The molecule has 3 aromatic rings. The molecule has 0 amide bonds. The van der Waals surface area contributed by atoms with Crippen molar-refractivity contribution in [1.82, 2.24) is 9.47 Å². The van der Waals surface area contributed by atoms with Gasteiger partial charge in [-0.25, -0.2) is 4.99 Å². The van der Waals surface area contributed by atoms with Gasteiger partial charge in [0.2, 0.25) is 0 Å². The number of aromatic nitrogens is 1. The number of ether oxygens (including phenoxy) is 2. The fourth-order valence-corrected chi connectivity index (χ4v) is 4.72. The van der Waals surface area contributed by atoms with E-state index < -0.39 is 0 Å². The fraction of sp³-hybridized carbons (Fsp3) is 0.400. The van der Waals surface area contributed by atoms with Crippen molar-refractivity contribution in [1.29, 1.82) is 0 Å². The van der Waals surface area contributed by atoms with Crippen LogP contribution in [0.3, 0.4) is 0 Å². The molecule has 2 aromatic carbocycles. The molecule has 0 N–H and O–H groups in total. The highest BCUT2D eigenvalue weighted by Crippen LogP contribution is 2.23. The van der Waals surface area contributed by atoms with E-state index in [2.05, 4.69) is 46.0 Å². The first-order valence-electron chi connectivity index (χ1n) is 11.1. The highest BCUT2D eigenvalue weighted by Gasteiger charge is 2.12. The van der Waals surface area contributed by atoms with Crippen LogP contribution in [0.4, 0.5) is 5.69 Å². The molecule has 2 heterocycles. The number of rotatable bonds is 8. The summed E-state index contributed by atoms with van der Waals surface area (Å²) in [5.74, 6) is 0.881. The molecule has 0 unspecified atom stereocenters. The molecule has 31 heavy (non-hydrogen) atoms. The molecule has 164 valence electrons. The number of hydrogen-bond acceptors (Lipinski definition) is 5. The Kier molecular flexibility index (Phi) is 7.57. The zero-order valence-corrected chi connectivity index (χ0v) is 19.2. The third-order valence-electron chi connectivity index (χ3n) is 5.48. The second kappa shape index (κ2) is 10.8. The van der Waals surface area contributed by atoms with Gasteiger partial charge in [0.05, 0.1) is 31.2 Å². The SMILES string of the molecule is CCOc1ccc(N=c2scc(-c3ccc(C)cc3)n2CCCN2CCOCC2)cc1. The van der Waals surface area contributed by atoms with Crippen LogP contribution in [0.1, 0.15) is 18.9 Å². The first-order chi connectivity index (χ1) is 15.2. The molecule has 1 fully saturated rings. The Morgan fingerprint density at radius 2 is 1.74 bits per heavy atom. The molecule has 0 spiro atoms. The molecule has 6 heteroatoms. The van der Waals surface area contributed by atoms with Crippen LogP contribution in [0.25, 0.3) is 11.3 Å². The molecule has 0 saturated carbocycles. The molecule has 1 aliphatic rings. The fourth-order valence-electron chi connectivity index (χ4n) is 3.76. The molecule has 1 saturated heterocycles. The summed E-state index contributed by atoms with van der Waals surface area (Å²) in [6.07, 6.45) is 1.09. The Hall–Kier alpha value is -2.41. The van der Waals surface area contributed by atoms with Gasteiger partial charge in [-0.3, -0.25) is 4.90 Å². The maximum atomic E-state index is 5.56. The Bertz CT molecular complexity index is 1020. The lowest BCUT2D eigenvalue weighted by Crippen LogP contribution is -2.37. The number of benzene rings is 2. The van der Waals surface area contributed by atoms with E-state index in [1.807, 2.05) is 31.2 Å². The van der Waals surface area contributed by atoms with E-state index in [9.17, 15) is 0 Å². The van der Waals surface area contributed by atoms with Gasteiger partial charge in [-0.2, -0.15) is 0 Å². The summed E-state index contributed by atoms with van der Waals surface area (Å²) in [5, 5.41) is 2.23. The van der Waals surface area contributed by atoms with Crippen LogP contribution in [0.2, 0.25) is 0 Å². The lowest BCUT2D eigenvalue weighted by Gasteiger charge is -2.26. The minimum atomic E-state index is 0.671. The molecule has 0 atom stereocenters.